The highest BCUT2D eigenvalue weighted by molar-refractivity contribution is 7.15. The Morgan fingerprint density at radius 2 is 1.80 bits per heavy atom. The number of hydrogen-bond donors (Lipinski definition) is 2. The minimum absolute atomic E-state index is 0.923. The molecule has 0 aliphatic rings. The van der Waals surface area contributed by atoms with E-state index in [-0.39, 0.29) is 0 Å². The first kappa shape index (κ1) is 17.2. The number of pyridine rings is 1. The summed E-state index contributed by atoms with van der Waals surface area (Å²) in [6, 6.07) is 25.3. The van der Waals surface area contributed by atoms with Crippen LogP contribution in [0.3, 0.4) is 0 Å². The molecule has 0 amide bonds. The normalized spacial score (nSPS) is 11.5. The SMILES string of the molecule is Cc1ccc(-c2cccc3[nH]c(-c4n[nH]c5ccc(-c6ccccn6)cc45)cc23)s1. The third kappa shape index (κ3) is 2.75. The van der Waals surface area contributed by atoms with Crippen molar-refractivity contribution in [3.63, 3.8) is 0 Å². The number of aryl methyl sites for hydroxylation is 1. The predicted octanol–water partition coefficient (Wildman–Crippen LogP) is 6.81. The number of hydrogen-bond acceptors (Lipinski definition) is 3. The minimum Gasteiger partial charge on any atom is -0.353 e. The quantitative estimate of drug-likeness (QED) is 0.339. The standard InChI is InChI=1S/C25H18N4S/c1-15-8-11-24(30-15)17-5-4-7-21-18(17)14-23(27-21)25-19-13-16(9-10-22(19)28-29-25)20-6-2-3-12-26-20/h2-14,27H,1H3,(H,28,29). The Hall–Kier alpha value is -3.70. The first-order valence-electron chi connectivity index (χ1n) is 9.85. The van der Waals surface area contributed by atoms with Crippen LogP contribution in [0, 0.1) is 6.92 Å². The number of fused-ring (bicyclic) bond motifs is 2. The first-order chi connectivity index (χ1) is 14.8. The number of rotatable bonds is 3. The lowest BCUT2D eigenvalue weighted by molar-refractivity contribution is 1.12. The molecule has 0 aliphatic heterocycles. The molecular formula is C25H18N4S. The van der Waals surface area contributed by atoms with Gasteiger partial charge >= 0.3 is 0 Å². The van der Waals surface area contributed by atoms with Gasteiger partial charge in [-0.25, -0.2) is 0 Å². The number of benzene rings is 2. The molecule has 0 radical (unpaired) electrons. The van der Waals surface area contributed by atoms with Crippen molar-refractivity contribution < 1.29 is 0 Å². The van der Waals surface area contributed by atoms with Crippen molar-refractivity contribution in [2.75, 3.05) is 0 Å². The Morgan fingerprint density at radius 1 is 0.833 bits per heavy atom. The van der Waals surface area contributed by atoms with Crippen molar-refractivity contribution in [1.29, 1.82) is 0 Å². The third-order valence-corrected chi connectivity index (χ3v) is 6.48. The minimum atomic E-state index is 0.923. The molecule has 0 atom stereocenters. The van der Waals surface area contributed by atoms with Gasteiger partial charge in [0, 0.05) is 43.4 Å². The van der Waals surface area contributed by atoms with Gasteiger partial charge in [0.1, 0.15) is 5.69 Å². The van der Waals surface area contributed by atoms with Crippen molar-refractivity contribution >= 4 is 33.1 Å². The molecule has 144 valence electrons. The summed E-state index contributed by atoms with van der Waals surface area (Å²) >= 11 is 1.82. The molecule has 0 spiro atoms. The van der Waals surface area contributed by atoms with Crippen LogP contribution in [-0.4, -0.2) is 20.2 Å². The topological polar surface area (TPSA) is 57.4 Å². The molecule has 4 heterocycles. The Kier molecular flexibility index (Phi) is 3.82. The molecule has 0 saturated heterocycles. The second-order valence-electron chi connectivity index (χ2n) is 7.41. The number of H-pyrrole nitrogens is 2. The number of aromatic nitrogens is 4. The highest BCUT2D eigenvalue weighted by atomic mass is 32.1. The van der Waals surface area contributed by atoms with Crippen molar-refractivity contribution in [3.8, 4) is 33.1 Å². The molecule has 2 aromatic carbocycles. The summed E-state index contributed by atoms with van der Waals surface area (Å²) in [5.41, 5.74) is 7.35. The molecule has 0 fully saturated rings. The van der Waals surface area contributed by atoms with Crippen LogP contribution in [0.15, 0.2) is 79.0 Å². The number of nitrogens with zero attached hydrogens (tertiary/aromatic N) is 2. The Morgan fingerprint density at radius 3 is 2.63 bits per heavy atom. The summed E-state index contributed by atoms with van der Waals surface area (Å²) in [7, 11) is 0. The zero-order valence-corrected chi connectivity index (χ0v) is 17.1. The summed E-state index contributed by atoms with van der Waals surface area (Å²) in [6.07, 6.45) is 1.82. The van der Waals surface area contributed by atoms with Gasteiger partial charge in [-0.1, -0.05) is 24.3 Å². The fourth-order valence-electron chi connectivity index (χ4n) is 3.99. The second kappa shape index (κ2) is 6.68. The van der Waals surface area contributed by atoms with Crippen LogP contribution >= 0.6 is 11.3 Å². The van der Waals surface area contributed by atoms with E-state index in [1.807, 2.05) is 35.7 Å². The maximum Gasteiger partial charge on any atom is 0.116 e. The van der Waals surface area contributed by atoms with Gasteiger partial charge in [0.15, 0.2) is 0 Å². The van der Waals surface area contributed by atoms with E-state index in [2.05, 4.69) is 81.7 Å². The van der Waals surface area contributed by atoms with E-state index >= 15 is 0 Å². The van der Waals surface area contributed by atoms with Gasteiger partial charge in [-0.15, -0.1) is 11.3 Å². The first-order valence-corrected chi connectivity index (χ1v) is 10.7. The summed E-state index contributed by atoms with van der Waals surface area (Å²) < 4.78 is 0. The molecule has 5 heteroatoms. The van der Waals surface area contributed by atoms with Gasteiger partial charge in [0.25, 0.3) is 0 Å². The maximum absolute atomic E-state index is 4.63. The van der Waals surface area contributed by atoms with Gasteiger partial charge in [0.05, 0.1) is 16.9 Å². The van der Waals surface area contributed by atoms with E-state index in [0.717, 1.165) is 39.1 Å². The highest BCUT2D eigenvalue weighted by Gasteiger charge is 2.15. The molecule has 0 saturated carbocycles. The molecule has 0 unspecified atom stereocenters. The van der Waals surface area contributed by atoms with Gasteiger partial charge < -0.3 is 4.98 Å². The largest absolute Gasteiger partial charge is 0.353 e. The van der Waals surface area contributed by atoms with Crippen LogP contribution in [-0.2, 0) is 0 Å². The molecule has 6 rings (SSSR count). The Balaban J connectivity index is 1.52. The van der Waals surface area contributed by atoms with E-state index in [0.29, 0.717) is 0 Å². The molecule has 0 bridgehead atoms. The molecule has 30 heavy (non-hydrogen) atoms. The van der Waals surface area contributed by atoms with Crippen LogP contribution < -0.4 is 0 Å². The molecular weight excluding hydrogens is 388 g/mol. The van der Waals surface area contributed by atoms with E-state index < -0.39 is 0 Å². The molecule has 6 aromatic rings. The smallest absolute Gasteiger partial charge is 0.116 e. The summed E-state index contributed by atoms with van der Waals surface area (Å²) in [4.78, 5) is 10.7. The van der Waals surface area contributed by atoms with Gasteiger partial charge in [-0.05, 0) is 55.5 Å². The second-order valence-corrected chi connectivity index (χ2v) is 8.70. The molecule has 0 aliphatic carbocycles. The number of thiophene rings is 1. The number of aromatic amines is 2. The van der Waals surface area contributed by atoms with Gasteiger partial charge in [-0.3, -0.25) is 10.1 Å². The average molecular weight is 407 g/mol. The van der Waals surface area contributed by atoms with Crippen LogP contribution in [0.2, 0.25) is 0 Å². The molecule has 2 N–H and O–H groups in total. The molecule has 4 aromatic heterocycles. The Labute approximate surface area is 177 Å². The van der Waals surface area contributed by atoms with Crippen molar-refractivity contribution in [2.45, 2.75) is 6.92 Å². The lowest BCUT2D eigenvalue weighted by atomic mass is 10.1. The maximum atomic E-state index is 4.63. The van der Waals surface area contributed by atoms with Crippen LogP contribution in [0.25, 0.3) is 54.9 Å². The van der Waals surface area contributed by atoms with Gasteiger partial charge in [0.2, 0.25) is 0 Å². The van der Waals surface area contributed by atoms with Crippen LogP contribution in [0.5, 0.6) is 0 Å². The van der Waals surface area contributed by atoms with Crippen LogP contribution in [0.4, 0.5) is 0 Å². The van der Waals surface area contributed by atoms with Crippen molar-refractivity contribution in [3.05, 3.63) is 83.9 Å². The van der Waals surface area contributed by atoms with E-state index in [9.17, 15) is 0 Å². The number of nitrogens with one attached hydrogen (secondary N) is 2. The fraction of sp³-hybridized carbons (Fsp3) is 0.0400. The summed E-state index contributed by atoms with van der Waals surface area (Å²) in [6.45, 7) is 2.14. The highest BCUT2D eigenvalue weighted by Crippen LogP contribution is 2.37. The van der Waals surface area contributed by atoms with E-state index in [4.69, 9.17) is 0 Å². The van der Waals surface area contributed by atoms with Crippen molar-refractivity contribution in [1.82, 2.24) is 20.2 Å². The average Bonchev–Trinajstić information content (AvgIpc) is 3.51. The van der Waals surface area contributed by atoms with E-state index in [1.54, 1.807) is 0 Å². The third-order valence-electron chi connectivity index (χ3n) is 5.45. The van der Waals surface area contributed by atoms with E-state index in [1.165, 1.54) is 20.7 Å². The van der Waals surface area contributed by atoms with Crippen molar-refractivity contribution in [2.24, 2.45) is 0 Å². The molecule has 4 nitrogen and oxygen atoms in total. The fourth-order valence-corrected chi connectivity index (χ4v) is 4.90. The van der Waals surface area contributed by atoms with Crippen LogP contribution in [0.1, 0.15) is 4.88 Å². The lowest BCUT2D eigenvalue weighted by Gasteiger charge is -2.01. The van der Waals surface area contributed by atoms with Gasteiger partial charge in [-0.2, -0.15) is 5.10 Å². The monoisotopic (exact) mass is 406 g/mol. The summed E-state index contributed by atoms with van der Waals surface area (Å²) in [5, 5.41) is 10.1. The lowest BCUT2D eigenvalue weighted by Crippen LogP contribution is -1.82. The summed E-state index contributed by atoms with van der Waals surface area (Å²) in [5.74, 6) is 0. The predicted molar refractivity (Wildman–Crippen MR) is 125 cm³/mol. The zero-order chi connectivity index (χ0) is 20.1. The zero-order valence-electron chi connectivity index (χ0n) is 16.3. The Bertz CT molecular complexity index is 1500.